The number of nitro groups is 1. The maximum Gasteiger partial charge on any atom is 0.295 e. The molecule has 0 atom stereocenters. The van der Waals surface area contributed by atoms with Gasteiger partial charge in [-0.05, 0) is 77.2 Å². The zero-order valence-electron chi connectivity index (χ0n) is 17.2. The molecule has 0 unspecified atom stereocenters. The number of nitrogens with zero attached hydrogens (tertiary/aromatic N) is 4. The van der Waals surface area contributed by atoms with E-state index in [1.165, 1.54) is 24.3 Å². The zero-order valence-corrected chi connectivity index (χ0v) is 21.0. The molecule has 0 aliphatic carbocycles. The van der Waals surface area contributed by atoms with Crippen LogP contribution in [0.25, 0.3) is 0 Å². The number of non-ortho nitro benzene ring substituents is 1. The van der Waals surface area contributed by atoms with Gasteiger partial charge in [0, 0.05) is 21.3 Å². The quantitative estimate of drug-likeness (QED) is 0.0648. The number of rotatable bonds is 7. The van der Waals surface area contributed by atoms with Gasteiger partial charge >= 0.3 is 0 Å². The molecule has 3 aromatic carbocycles. The van der Waals surface area contributed by atoms with E-state index in [-0.39, 0.29) is 16.9 Å². The molecule has 0 radical (unpaired) electrons. The van der Waals surface area contributed by atoms with Crippen molar-refractivity contribution in [3.05, 3.63) is 86.0 Å². The summed E-state index contributed by atoms with van der Waals surface area (Å²) in [5, 5.41) is 22.6. The lowest BCUT2D eigenvalue weighted by Gasteiger charge is -2.09. The molecule has 182 valence electrons. The van der Waals surface area contributed by atoms with E-state index in [2.05, 4.69) is 43.3 Å². The number of azo groups is 1. The molecule has 0 heterocycles. The van der Waals surface area contributed by atoms with Crippen molar-refractivity contribution in [2.75, 3.05) is 5.43 Å². The predicted octanol–water partition coefficient (Wildman–Crippen LogP) is 4.25. The highest BCUT2D eigenvalue weighted by Crippen LogP contribution is 2.24. The van der Waals surface area contributed by atoms with Gasteiger partial charge in [-0.15, -0.1) is 10.2 Å². The minimum Gasteiger partial charge on any atom is -0.282 e. The van der Waals surface area contributed by atoms with Crippen molar-refractivity contribution in [3.8, 4) is 0 Å². The summed E-state index contributed by atoms with van der Waals surface area (Å²) in [5.41, 5.74) is 2.76. The van der Waals surface area contributed by atoms with Crippen LogP contribution in [0.4, 0.5) is 17.1 Å². The Morgan fingerprint density at radius 3 is 2.09 bits per heavy atom. The van der Waals surface area contributed by atoms with Crippen LogP contribution in [0, 0.1) is 13.7 Å². The van der Waals surface area contributed by atoms with E-state index in [1.54, 1.807) is 24.3 Å². The second-order valence-electron chi connectivity index (χ2n) is 6.64. The van der Waals surface area contributed by atoms with Gasteiger partial charge in [-0.25, -0.2) is 0 Å². The van der Waals surface area contributed by atoms with Crippen molar-refractivity contribution < 1.29 is 30.9 Å². The molecule has 3 rings (SSSR count). The van der Waals surface area contributed by atoms with Gasteiger partial charge in [0.2, 0.25) is 5.84 Å². The minimum atomic E-state index is -5.01. The number of benzene rings is 3. The lowest BCUT2D eigenvalue weighted by atomic mass is 10.2. The van der Waals surface area contributed by atoms with Gasteiger partial charge in [0.25, 0.3) is 25.9 Å². The molecule has 0 fully saturated rings. The third-order valence-corrected chi connectivity index (χ3v) is 6.69. The number of halogens is 1. The Bertz CT molecular complexity index is 1540. The summed E-state index contributed by atoms with van der Waals surface area (Å²) in [5.74, 6) is -0.392. The normalized spacial score (nSPS) is 12.6. The molecular weight excluding hydrogens is 617 g/mol. The largest absolute Gasteiger partial charge is 0.295 e. The van der Waals surface area contributed by atoms with Crippen LogP contribution in [-0.2, 0) is 20.2 Å². The highest BCUT2D eigenvalue weighted by atomic mass is 127. The lowest BCUT2D eigenvalue weighted by molar-refractivity contribution is -0.384. The Balaban J connectivity index is 2.12. The maximum absolute atomic E-state index is 12.0. The first-order chi connectivity index (χ1) is 16.3. The molecule has 0 saturated carbocycles. The van der Waals surface area contributed by atoms with E-state index in [4.69, 9.17) is 0 Å². The summed E-state index contributed by atoms with van der Waals surface area (Å²) in [6.07, 6.45) is 0. The fourth-order valence-corrected chi connectivity index (χ4v) is 4.24. The van der Waals surface area contributed by atoms with Crippen molar-refractivity contribution in [2.24, 2.45) is 15.3 Å². The summed E-state index contributed by atoms with van der Waals surface area (Å²) < 4.78 is 66.8. The van der Waals surface area contributed by atoms with Crippen LogP contribution < -0.4 is 5.43 Å². The SMILES string of the molecule is O=[N+]([O-])c1ccc(N=NC(=NNc2ccc(I)cc2)c2ccc(S(=O)(=O)O)cc2S(=O)(=O)O)cc1. The second-order valence-corrected chi connectivity index (χ2v) is 10.7. The Morgan fingerprint density at radius 2 is 1.54 bits per heavy atom. The fourth-order valence-electron chi connectivity index (χ4n) is 2.59. The first-order valence-electron chi connectivity index (χ1n) is 9.19. The number of hydrogen-bond donors (Lipinski definition) is 3. The zero-order chi connectivity index (χ0) is 25.8. The molecule has 0 spiro atoms. The fraction of sp³-hybridized carbons (Fsp3) is 0. The molecular formula is C19H14IN5O8S2. The molecule has 3 N–H and O–H groups in total. The molecule has 3 aromatic rings. The highest BCUT2D eigenvalue weighted by molar-refractivity contribution is 14.1. The summed E-state index contributed by atoms with van der Waals surface area (Å²) in [6, 6.07) is 14.2. The Labute approximate surface area is 212 Å². The third-order valence-electron chi connectivity index (χ3n) is 4.23. The molecule has 0 aromatic heterocycles. The van der Waals surface area contributed by atoms with Gasteiger partial charge in [0.1, 0.15) is 4.90 Å². The van der Waals surface area contributed by atoms with Crippen LogP contribution in [-0.4, -0.2) is 36.7 Å². The van der Waals surface area contributed by atoms with E-state index in [0.29, 0.717) is 11.8 Å². The smallest absolute Gasteiger partial charge is 0.282 e. The summed E-state index contributed by atoms with van der Waals surface area (Å²) in [7, 11) is -9.80. The monoisotopic (exact) mass is 631 g/mol. The van der Waals surface area contributed by atoms with Crippen LogP contribution in [0.3, 0.4) is 0 Å². The van der Waals surface area contributed by atoms with Crippen LogP contribution in [0.5, 0.6) is 0 Å². The summed E-state index contributed by atoms with van der Waals surface area (Å²) in [4.78, 5) is 8.52. The molecule has 0 aliphatic heterocycles. The van der Waals surface area contributed by atoms with Crippen LogP contribution in [0.15, 0.2) is 91.9 Å². The third kappa shape index (κ3) is 7.09. The Hall–Kier alpha value is -3.32. The van der Waals surface area contributed by atoms with E-state index in [0.717, 1.165) is 15.7 Å². The molecule has 0 saturated heterocycles. The molecule has 16 heteroatoms. The van der Waals surface area contributed by atoms with Gasteiger partial charge in [-0.2, -0.15) is 21.9 Å². The number of hydrogen-bond acceptors (Lipinski definition) is 9. The predicted molar refractivity (Wildman–Crippen MR) is 133 cm³/mol. The van der Waals surface area contributed by atoms with Crippen LogP contribution >= 0.6 is 22.6 Å². The maximum atomic E-state index is 12.0. The topological polar surface area (TPSA) is 201 Å². The molecule has 35 heavy (non-hydrogen) atoms. The van der Waals surface area contributed by atoms with Crippen molar-refractivity contribution >= 4 is 65.7 Å². The average molecular weight is 631 g/mol. The number of hydrazone groups is 1. The molecule has 0 bridgehead atoms. The van der Waals surface area contributed by atoms with E-state index in [9.17, 15) is 36.1 Å². The first-order valence-corrected chi connectivity index (χ1v) is 13.2. The second kappa shape index (κ2) is 10.5. The molecule has 0 aliphatic rings. The summed E-state index contributed by atoms with van der Waals surface area (Å²) >= 11 is 2.09. The standard InChI is InChI=1S/C19H14IN5O8S2/c20-12-1-3-13(4-2-12)21-23-19(24-22-14-5-7-15(8-6-14)25(26)27)17-10-9-16(34(28,29)30)11-18(17)35(31,32)33/h1-11,21H,(H,28,29,30)(H,31,32,33). The number of amidine groups is 1. The Morgan fingerprint density at radius 1 is 0.914 bits per heavy atom. The molecule has 13 nitrogen and oxygen atoms in total. The summed E-state index contributed by atoms with van der Waals surface area (Å²) in [6.45, 7) is 0. The number of nitro benzene ring substituents is 1. The van der Waals surface area contributed by atoms with Gasteiger partial charge in [0.15, 0.2) is 0 Å². The van der Waals surface area contributed by atoms with Gasteiger partial charge in [0.05, 0.1) is 21.2 Å². The number of anilines is 1. The lowest BCUT2D eigenvalue weighted by Crippen LogP contribution is -2.11. The number of nitrogens with one attached hydrogen (secondary N) is 1. The Kier molecular flexibility index (Phi) is 7.90. The van der Waals surface area contributed by atoms with Gasteiger partial charge in [-0.1, -0.05) is 0 Å². The van der Waals surface area contributed by atoms with Gasteiger partial charge in [-0.3, -0.25) is 24.6 Å². The molecule has 0 amide bonds. The van der Waals surface area contributed by atoms with E-state index < -0.39 is 40.8 Å². The van der Waals surface area contributed by atoms with Crippen molar-refractivity contribution in [1.29, 1.82) is 0 Å². The first kappa shape index (κ1) is 26.3. The van der Waals surface area contributed by atoms with E-state index in [1.807, 2.05) is 0 Å². The highest BCUT2D eigenvalue weighted by Gasteiger charge is 2.23. The van der Waals surface area contributed by atoms with Crippen LogP contribution in [0.1, 0.15) is 5.56 Å². The van der Waals surface area contributed by atoms with Crippen LogP contribution in [0.2, 0.25) is 0 Å². The average Bonchev–Trinajstić information content (AvgIpc) is 2.79. The van der Waals surface area contributed by atoms with Crippen molar-refractivity contribution in [3.63, 3.8) is 0 Å². The van der Waals surface area contributed by atoms with E-state index >= 15 is 0 Å². The minimum absolute atomic E-state index is 0.153. The van der Waals surface area contributed by atoms with Gasteiger partial charge < -0.3 is 0 Å². The van der Waals surface area contributed by atoms with Crippen molar-refractivity contribution in [2.45, 2.75) is 9.79 Å². The van der Waals surface area contributed by atoms with Crippen molar-refractivity contribution in [1.82, 2.24) is 0 Å².